The van der Waals surface area contributed by atoms with Crippen LogP contribution in [0.2, 0.25) is 5.02 Å². The Hall–Kier alpha value is -5.27. The fourth-order valence-electron chi connectivity index (χ4n) is 9.15. The normalized spacial score (nSPS) is 26.5. The van der Waals surface area contributed by atoms with Crippen LogP contribution in [0.15, 0.2) is 60.2 Å². The quantitative estimate of drug-likeness (QED) is 0.157. The van der Waals surface area contributed by atoms with Crippen molar-refractivity contribution < 1.29 is 38.9 Å². The zero-order chi connectivity index (χ0) is 38.4. The molecule has 4 aliphatic rings. The summed E-state index contributed by atoms with van der Waals surface area (Å²) in [5.74, 6) is -5.74. The van der Waals surface area contributed by atoms with E-state index in [1.54, 1.807) is 43.5 Å². The van der Waals surface area contributed by atoms with Crippen LogP contribution in [-0.4, -0.2) is 68.1 Å². The van der Waals surface area contributed by atoms with Crippen molar-refractivity contribution >= 4 is 74.5 Å². The van der Waals surface area contributed by atoms with Crippen molar-refractivity contribution in [3.63, 3.8) is 0 Å². The lowest BCUT2D eigenvalue weighted by atomic mass is 9.52. The molecule has 6 unspecified atom stereocenters. The molecule has 278 valence electrons. The lowest BCUT2D eigenvalue weighted by Crippen LogP contribution is -2.49. The number of hydrogen-bond acceptors (Lipinski definition) is 9. The summed E-state index contributed by atoms with van der Waals surface area (Å²) in [7, 11) is 3.14. The van der Waals surface area contributed by atoms with E-state index in [0.717, 1.165) is 31.0 Å². The minimum atomic E-state index is -1.27. The first-order valence-corrected chi connectivity index (χ1v) is 18.9. The molecule has 4 aromatic rings. The molecule has 8 rings (SSSR count). The first-order valence-electron chi connectivity index (χ1n) is 17.7. The number of hydrogen-bond donors (Lipinski definition) is 2. The van der Waals surface area contributed by atoms with Gasteiger partial charge in [0.15, 0.2) is 11.5 Å². The number of halogens is 1. The van der Waals surface area contributed by atoms with E-state index >= 15 is 0 Å². The number of allylic oxidation sites excluding steroid dienone is 3. The van der Waals surface area contributed by atoms with Crippen molar-refractivity contribution in [3.8, 4) is 22.1 Å². The Balaban J connectivity index is 1.21. The zero-order valence-electron chi connectivity index (χ0n) is 29.9. The molecule has 4 amide bonds. The van der Waals surface area contributed by atoms with Gasteiger partial charge in [-0.15, -0.1) is 11.3 Å². The summed E-state index contributed by atoms with van der Waals surface area (Å²) < 4.78 is 7.88. The molecule has 14 heteroatoms. The highest BCUT2D eigenvalue weighted by Gasteiger charge is 2.67. The Kier molecular flexibility index (Phi) is 8.57. The number of imide groups is 2. The third-order valence-electron chi connectivity index (χ3n) is 11.9. The molecule has 4 heterocycles. The number of aryl methyl sites for hydroxylation is 2. The number of likely N-dealkylation sites (tertiary alicyclic amines) is 1. The first-order chi connectivity index (χ1) is 25.7. The van der Waals surface area contributed by atoms with Gasteiger partial charge in [0.05, 0.1) is 41.6 Å². The number of anilines is 1. The predicted molar refractivity (Wildman–Crippen MR) is 202 cm³/mol. The molecule has 2 aliphatic heterocycles. The van der Waals surface area contributed by atoms with Crippen molar-refractivity contribution in [1.82, 2.24) is 14.7 Å². The van der Waals surface area contributed by atoms with Crippen molar-refractivity contribution in [2.45, 2.75) is 33.1 Å². The second-order valence-corrected chi connectivity index (χ2v) is 16.2. The Morgan fingerprint density at radius 2 is 1.87 bits per heavy atom. The number of carbonyl (C=O) groups excluding carboxylic acids is 4. The third kappa shape index (κ3) is 5.30. The van der Waals surface area contributed by atoms with Crippen molar-refractivity contribution in [1.29, 1.82) is 0 Å². The van der Waals surface area contributed by atoms with Crippen LogP contribution in [0.3, 0.4) is 0 Å². The Labute approximate surface area is 319 Å². The molecule has 0 bridgehead atoms. The number of thiophene rings is 1. The average Bonchev–Trinajstić information content (AvgIpc) is 3.81. The molecule has 6 atom stereocenters. The van der Waals surface area contributed by atoms with Gasteiger partial charge >= 0.3 is 5.97 Å². The SMILES string of the molecule is COc1cc(C=CC2C3=CCC4C(=O)N(CCC(=O)O)C(=O)C4C3CC3C(=O)N(c4cc(-c5sc6ccc(Cl)cc6c5C)nn4C)C(=O)C23C)ccc1O. The highest BCUT2D eigenvalue weighted by molar-refractivity contribution is 7.22. The number of phenols is 1. The van der Waals surface area contributed by atoms with Gasteiger partial charge in [-0.1, -0.05) is 41.5 Å². The molecule has 2 aromatic heterocycles. The number of aromatic nitrogens is 2. The summed E-state index contributed by atoms with van der Waals surface area (Å²) in [4.78, 5) is 71.7. The first kappa shape index (κ1) is 35.7. The van der Waals surface area contributed by atoms with E-state index in [-0.39, 0.29) is 37.3 Å². The van der Waals surface area contributed by atoms with Gasteiger partial charge < -0.3 is 14.9 Å². The van der Waals surface area contributed by atoms with E-state index < -0.39 is 64.6 Å². The van der Waals surface area contributed by atoms with E-state index in [9.17, 15) is 34.2 Å². The predicted octanol–water partition coefficient (Wildman–Crippen LogP) is 6.23. The maximum Gasteiger partial charge on any atom is 0.305 e. The lowest BCUT2D eigenvalue weighted by Gasteiger charge is -2.47. The average molecular weight is 769 g/mol. The van der Waals surface area contributed by atoms with E-state index in [0.29, 0.717) is 22.1 Å². The summed E-state index contributed by atoms with van der Waals surface area (Å²) in [5.41, 5.74) is 1.80. The maximum absolute atomic E-state index is 15.0. The number of methoxy groups -OCH3 is 1. The molecule has 12 nitrogen and oxygen atoms in total. The molecule has 3 fully saturated rings. The minimum absolute atomic E-state index is 0.0327. The highest BCUT2D eigenvalue weighted by Crippen LogP contribution is 2.61. The number of aliphatic carboxylic acids is 1. The van der Waals surface area contributed by atoms with Crippen molar-refractivity contribution in [2.24, 2.45) is 42.1 Å². The number of carbonyl (C=O) groups is 5. The summed E-state index contributed by atoms with van der Waals surface area (Å²) in [6.07, 6.45) is 5.66. The smallest absolute Gasteiger partial charge is 0.305 e. The zero-order valence-corrected chi connectivity index (χ0v) is 31.5. The number of amides is 4. The molecular formula is C40H37ClN4O8S. The van der Waals surface area contributed by atoms with Crippen LogP contribution in [0.1, 0.15) is 37.3 Å². The molecule has 2 aliphatic carbocycles. The van der Waals surface area contributed by atoms with Gasteiger partial charge in [0.1, 0.15) is 11.5 Å². The Morgan fingerprint density at radius 1 is 1.09 bits per heavy atom. The molecular weight excluding hydrogens is 732 g/mol. The van der Waals surface area contributed by atoms with E-state index in [1.807, 2.05) is 43.4 Å². The van der Waals surface area contributed by atoms with Crippen LogP contribution in [0.4, 0.5) is 5.82 Å². The largest absolute Gasteiger partial charge is 0.504 e. The second kappa shape index (κ2) is 12.9. The number of carboxylic acid groups (broad SMARTS) is 1. The minimum Gasteiger partial charge on any atom is -0.504 e. The second-order valence-electron chi connectivity index (χ2n) is 14.7. The van der Waals surface area contributed by atoms with Gasteiger partial charge in [0.25, 0.3) is 0 Å². The van der Waals surface area contributed by atoms with Crippen molar-refractivity contribution in [2.75, 3.05) is 18.6 Å². The number of nitrogens with zero attached hydrogens (tertiary/aromatic N) is 4. The number of fused-ring (bicyclic) bond motifs is 5. The molecule has 2 aromatic carbocycles. The molecule has 1 saturated carbocycles. The molecule has 2 N–H and O–H groups in total. The van der Waals surface area contributed by atoms with Gasteiger partial charge in [0, 0.05) is 35.3 Å². The number of benzene rings is 2. The molecule has 0 spiro atoms. The number of carboxylic acids is 1. The molecule has 54 heavy (non-hydrogen) atoms. The third-order valence-corrected chi connectivity index (χ3v) is 13.4. The fourth-order valence-corrected chi connectivity index (χ4v) is 10.5. The fraction of sp³-hybridized carbons (Fsp3) is 0.350. The maximum atomic E-state index is 15.0. The summed E-state index contributed by atoms with van der Waals surface area (Å²) in [6.45, 7) is 3.56. The van der Waals surface area contributed by atoms with Crippen LogP contribution in [0.5, 0.6) is 11.5 Å². The van der Waals surface area contributed by atoms with Gasteiger partial charge in [-0.05, 0) is 79.5 Å². The number of ether oxygens (including phenoxy) is 1. The standard InChI is InChI=1S/C40H37ClN4O8S/c1-19-24-16-21(41)7-12-31(24)54-35(19)28-18-32(43(3)42-28)45-37(50)27-17-25-22(8-9-23-34(25)38(51)44(36(23)49)14-13-33(47)48)26(40(27,2)39(45)52)10-5-20-6-11-29(46)30(15-20)53-4/h5-8,10-12,15-16,18,23,25-27,34,46H,9,13-14,17H2,1-4H3,(H,47,48). The van der Waals surface area contributed by atoms with Crippen LogP contribution < -0.4 is 9.64 Å². The molecule has 2 saturated heterocycles. The molecule has 0 radical (unpaired) electrons. The van der Waals surface area contributed by atoms with E-state index in [1.165, 1.54) is 22.8 Å². The monoisotopic (exact) mass is 768 g/mol. The van der Waals surface area contributed by atoms with Gasteiger partial charge in [-0.2, -0.15) is 5.10 Å². The number of aromatic hydroxyl groups is 1. The topological polar surface area (TPSA) is 159 Å². The van der Waals surface area contributed by atoms with Crippen molar-refractivity contribution in [3.05, 3.63) is 76.3 Å². The van der Waals surface area contributed by atoms with Gasteiger partial charge in [0.2, 0.25) is 23.6 Å². The highest BCUT2D eigenvalue weighted by atomic mass is 35.5. The number of rotatable bonds is 8. The lowest BCUT2D eigenvalue weighted by molar-refractivity contribution is -0.142. The van der Waals surface area contributed by atoms with E-state index in [4.69, 9.17) is 21.4 Å². The Bertz CT molecular complexity index is 2380. The van der Waals surface area contributed by atoms with Crippen LogP contribution in [0, 0.1) is 41.9 Å². The van der Waals surface area contributed by atoms with Gasteiger partial charge in [-0.25, -0.2) is 4.90 Å². The van der Waals surface area contributed by atoms with Crippen LogP contribution in [0.25, 0.3) is 26.7 Å². The van der Waals surface area contributed by atoms with E-state index in [2.05, 4.69) is 0 Å². The summed E-state index contributed by atoms with van der Waals surface area (Å²) >= 11 is 7.85. The Morgan fingerprint density at radius 3 is 2.61 bits per heavy atom. The summed E-state index contributed by atoms with van der Waals surface area (Å²) in [5, 5.41) is 25.9. The van der Waals surface area contributed by atoms with Crippen LogP contribution >= 0.6 is 22.9 Å². The number of phenolic OH excluding ortho intramolecular Hbond substituents is 1. The van der Waals surface area contributed by atoms with Gasteiger partial charge in [-0.3, -0.25) is 33.6 Å². The van der Waals surface area contributed by atoms with Crippen LogP contribution in [-0.2, 0) is 31.0 Å². The summed E-state index contributed by atoms with van der Waals surface area (Å²) in [6, 6.07) is 12.3.